The molecule has 1 heterocycles. The number of benzene rings is 1. The summed E-state index contributed by atoms with van der Waals surface area (Å²) in [6, 6.07) is 5.77. The molecular formula is C19H25N3O4. The van der Waals surface area contributed by atoms with E-state index in [1.807, 2.05) is 23.1 Å². The Kier molecular flexibility index (Phi) is 5.64. The van der Waals surface area contributed by atoms with Crippen molar-refractivity contribution in [3.63, 3.8) is 0 Å². The van der Waals surface area contributed by atoms with E-state index >= 15 is 0 Å². The zero-order chi connectivity index (χ0) is 18.6. The molecule has 7 heteroatoms. The summed E-state index contributed by atoms with van der Waals surface area (Å²) in [7, 11) is 1.62. The summed E-state index contributed by atoms with van der Waals surface area (Å²) < 4.78 is 11.5. The summed E-state index contributed by atoms with van der Waals surface area (Å²) in [6.07, 6.45) is 4.80. The summed E-state index contributed by atoms with van der Waals surface area (Å²) in [5, 5.41) is 8.67. The fourth-order valence-electron chi connectivity index (χ4n) is 3.51. The Morgan fingerprint density at radius 1 is 1.38 bits per heavy atom. The molecule has 1 aromatic carbocycles. The van der Waals surface area contributed by atoms with E-state index in [1.54, 1.807) is 12.6 Å². The monoisotopic (exact) mass is 359 g/mol. The standard InChI is InChI=1S/C19H25N3O4/c1-20-19(8-10-22(11-9-19)13-18(23)21-24)14-6-7-16(25-2)17(12-14)26-15-4-3-5-15/h6-7,12,15,24H,3-5,8-11,13H2,2H3,(H,21,23). The van der Waals surface area contributed by atoms with Gasteiger partial charge < -0.3 is 14.3 Å². The number of methoxy groups -OCH3 is 1. The number of hydrogen-bond donors (Lipinski definition) is 2. The molecule has 0 radical (unpaired) electrons. The van der Waals surface area contributed by atoms with Crippen LogP contribution in [0.3, 0.4) is 0 Å². The molecule has 1 saturated carbocycles. The largest absolute Gasteiger partial charge is 0.493 e. The number of nitrogens with zero attached hydrogens (tertiary/aromatic N) is 2. The fraction of sp³-hybridized carbons (Fsp3) is 0.579. The lowest BCUT2D eigenvalue weighted by molar-refractivity contribution is -0.130. The number of likely N-dealkylation sites (tertiary alicyclic amines) is 1. The molecule has 1 aliphatic heterocycles. The van der Waals surface area contributed by atoms with Gasteiger partial charge in [0.15, 0.2) is 11.5 Å². The SMILES string of the molecule is [C-]#[N+]C1(c2ccc(OC)c(OC3CCC3)c2)CCN(CC(=O)NO)CC1. The number of nitrogens with one attached hydrogen (secondary N) is 1. The highest BCUT2D eigenvalue weighted by atomic mass is 16.5. The topological polar surface area (TPSA) is 75.4 Å². The minimum absolute atomic E-state index is 0.142. The predicted molar refractivity (Wildman–Crippen MR) is 95.1 cm³/mol. The molecular weight excluding hydrogens is 334 g/mol. The van der Waals surface area contributed by atoms with Crippen LogP contribution in [0.4, 0.5) is 0 Å². The van der Waals surface area contributed by atoms with Gasteiger partial charge in [0, 0.05) is 31.5 Å². The van der Waals surface area contributed by atoms with Crippen LogP contribution in [0.15, 0.2) is 18.2 Å². The van der Waals surface area contributed by atoms with E-state index in [-0.39, 0.29) is 12.6 Å². The van der Waals surface area contributed by atoms with Crippen molar-refractivity contribution in [3.8, 4) is 11.5 Å². The van der Waals surface area contributed by atoms with E-state index in [0.717, 1.165) is 18.4 Å². The van der Waals surface area contributed by atoms with Crippen LogP contribution in [-0.4, -0.2) is 48.9 Å². The van der Waals surface area contributed by atoms with Crippen LogP contribution in [0, 0.1) is 6.57 Å². The molecule has 0 spiro atoms. The van der Waals surface area contributed by atoms with Crippen LogP contribution in [0.5, 0.6) is 11.5 Å². The molecule has 0 bridgehead atoms. The summed E-state index contributed by atoms with van der Waals surface area (Å²) >= 11 is 0. The third-order valence-corrected chi connectivity index (χ3v) is 5.44. The lowest BCUT2D eigenvalue weighted by Crippen LogP contribution is -2.44. The lowest BCUT2D eigenvalue weighted by atomic mass is 9.81. The van der Waals surface area contributed by atoms with Crippen LogP contribution in [-0.2, 0) is 10.3 Å². The molecule has 1 aromatic rings. The second kappa shape index (κ2) is 7.94. The fourth-order valence-corrected chi connectivity index (χ4v) is 3.51. The molecule has 3 rings (SSSR count). The van der Waals surface area contributed by atoms with E-state index in [2.05, 4.69) is 4.85 Å². The second-order valence-corrected chi connectivity index (χ2v) is 6.99. The van der Waals surface area contributed by atoms with Gasteiger partial charge in [0.25, 0.3) is 11.4 Å². The highest BCUT2D eigenvalue weighted by molar-refractivity contribution is 5.76. The molecule has 0 aromatic heterocycles. The summed E-state index contributed by atoms with van der Waals surface area (Å²) in [5.74, 6) is 0.971. The Bertz CT molecular complexity index is 689. The van der Waals surface area contributed by atoms with Gasteiger partial charge in [-0.3, -0.25) is 14.9 Å². The number of hydroxylamine groups is 1. The Balaban J connectivity index is 1.76. The highest BCUT2D eigenvalue weighted by Gasteiger charge is 2.43. The smallest absolute Gasteiger partial charge is 0.260 e. The zero-order valence-corrected chi connectivity index (χ0v) is 15.0. The molecule has 0 atom stereocenters. The average Bonchev–Trinajstić information content (AvgIpc) is 2.65. The normalized spacial score (nSPS) is 19.9. The van der Waals surface area contributed by atoms with Gasteiger partial charge in [0.1, 0.15) is 0 Å². The molecule has 0 unspecified atom stereocenters. The number of hydrogen-bond acceptors (Lipinski definition) is 5. The van der Waals surface area contributed by atoms with Crippen molar-refractivity contribution in [2.45, 2.75) is 43.7 Å². The van der Waals surface area contributed by atoms with Gasteiger partial charge in [-0.05, 0) is 37.5 Å². The predicted octanol–water partition coefficient (Wildman–Crippen LogP) is 2.34. The molecule has 26 heavy (non-hydrogen) atoms. The molecule has 2 aliphatic rings. The summed E-state index contributed by atoms with van der Waals surface area (Å²) in [6.45, 7) is 9.19. The van der Waals surface area contributed by atoms with Gasteiger partial charge in [0.2, 0.25) is 0 Å². The first-order valence-electron chi connectivity index (χ1n) is 8.99. The number of piperidine rings is 1. The minimum atomic E-state index is -0.615. The van der Waals surface area contributed by atoms with Crippen molar-refractivity contribution in [1.82, 2.24) is 10.4 Å². The van der Waals surface area contributed by atoms with Crippen molar-refractivity contribution in [2.75, 3.05) is 26.7 Å². The molecule has 2 N–H and O–H groups in total. The van der Waals surface area contributed by atoms with Crippen molar-refractivity contribution < 1.29 is 19.5 Å². The number of carbonyl (C=O) groups is 1. The molecule has 7 nitrogen and oxygen atoms in total. The Hall–Kier alpha value is -2.30. The zero-order valence-electron chi connectivity index (χ0n) is 15.0. The molecule has 1 saturated heterocycles. The van der Waals surface area contributed by atoms with Crippen LogP contribution in [0.1, 0.15) is 37.7 Å². The maximum absolute atomic E-state index is 11.3. The lowest BCUT2D eigenvalue weighted by Gasteiger charge is -2.34. The van der Waals surface area contributed by atoms with Crippen molar-refractivity contribution in [1.29, 1.82) is 0 Å². The Morgan fingerprint density at radius 2 is 2.12 bits per heavy atom. The van der Waals surface area contributed by atoms with Crippen LogP contribution in [0.2, 0.25) is 0 Å². The van der Waals surface area contributed by atoms with Gasteiger partial charge in [-0.25, -0.2) is 12.1 Å². The number of amides is 1. The maximum Gasteiger partial charge on any atom is 0.260 e. The first kappa shape index (κ1) is 18.5. The van der Waals surface area contributed by atoms with Gasteiger partial charge in [0.05, 0.1) is 19.8 Å². The molecule has 1 amide bonds. The van der Waals surface area contributed by atoms with Gasteiger partial charge in [-0.1, -0.05) is 0 Å². The summed E-state index contributed by atoms with van der Waals surface area (Å²) in [4.78, 5) is 17.3. The Morgan fingerprint density at radius 3 is 2.65 bits per heavy atom. The number of ether oxygens (including phenoxy) is 2. The summed E-state index contributed by atoms with van der Waals surface area (Å²) in [5.41, 5.74) is 1.98. The second-order valence-electron chi connectivity index (χ2n) is 6.99. The molecule has 140 valence electrons. The molecule has 1 aliphatic carbocycles. The van der Waals surface area contributed by atoms with Gasteiger partial charge in [-0.2, -0.15) is 0 Å². The first-order chi connectivity index (χ1) is 12.6. The number of carbonyl (C=O) groups excluding carboxylic acids is 1. The molecule has 2 fully saturated rings. The van der Waals surface area contributed by atoms with E-state index in [1.165, 1.54) is 6.42 Å². The first-order valence-corrected chi connectivity index (χ1v) is 8.99. The van der Waals surface area contributed by atoms with Crippen LogP contribution < -0.4 is 15.0 Å². The Labute approximate surface area is 153 Å². The quantitative estimate of drug-likeness (QED) is 0.463. The van der Waals surface area contributed by atoms with Gasteiger partial charge >= 0.3 is 0 Å². The van der Waals surface area contributed by atoms with E-state index in [9.17, 15) is 4.79 Å². The third kappa shape index (κ3) is 3.76. The maximum atomic E-state index is 11.3. The van der Waals surface area contributed by atoms with Crippen molar-refractivity contribution in [2.24, 2.45) is 0 Å². The van der Waals surface area contributed by atoms with Crippen LogP contribution >= 0.6 is 0 Å². The van der Waals surface area contributed by atoms with E-state index < -0.39 is 11.4 Å². The number of rotatable bonds is 6. The van der Waals surface area contributed by atoms with E-state index in [0.29, 0.717) is 37.4 Å². The highest BCUT2D eigenvalue weighted by Crippen LogP contribution is 2.41. The average molecular weight is 359 g/mol. The third-order valence-electron chi connectivity index (χ3n) is 5.44. The van der Waals surface area contributed by atoms with Crippen molar-refractivity contribution in [3.05, 3.63) is 35.2 Å². The van der Waals surface area contributed by atoms with Crippen molar-refractivity contribution >= 4 is 5.91 Å². The van der Waals surface area contributed by atoms with Gasteiger partial charge in [-0.15, -0.1) is 0 Å². The minimum Gasteiger partial charge on any atom is -0.493 e. The van der Waals surface area contributed by atoms with Crippen LogP contribution in [0.25, 0.3) is 4.85 Å². The van der Waals surface area contributed by atoms with E-state index in [4.69, 9.17) is 21.3 Å².